The lowest BCUT2D eigenvalue weighted by Gasteiger charge is -2.26. The molecule has 12 heavy (non-hydrogen) atoms. The predicted octanol–water partition coefficient (Wildman–Crippen LogP) is 0.857. The van der Waals surface area contributed by atoms with Crippen LogP contribution in [0.5, 0.6) is 0 Å². The van der Waals surface area contributed by atoms with E-state index in [0.717, 1.165) is 0 Å². The predicted molar refractivity (Wildman–Crippen MR) is 46.9 cm³/mol. The van der Waals surface area contributed by atoms with Gasteiger partial charge >= 0.3 is 0 Å². The van der Waals surface area contributed by atoms with Crippen molar-refractivity contribution >= 4 is 5.78 Å². The average Bonchev–Trinajstić information content (AvgIpc) is 2.03. The molecule has 0 bridgehead atoms. The summed E-state index contributed by atoms with van der Waals surface area (Å²) >= 11 is 0. The van der Waals surface area contributed by atoms with Crippen LogP contribution >= 0.6 is 0 Å². The number of rotatable bonds is 5. The minimum absolute atomic E-state index is 0.0480. The van der Waals surface area contributed by atoms with E-state index in [0.29, 0.717) is 0 Å². The number of hydrogen-bond donors (Lipinski definition) is 1. The largest absolute Gasteiger partial charge is 0.395 e. The van der Waals surface area contributed by atoms with Crippen molar-refractivity contribution in [3.63, 3.8) is 0 Å². The first-order chi connectivity index (χ1) is 5.48. The third kappa shape index (κ3) is 2.57. The SMILES string of the molecule is COCC(C)(CO)C(=O)C(C)C. The molecule has 0 rings (SSSR count). The molecule has 0 spiro atoms. The van der Waals surface area contributed by atoms with E-state index in [4.69, 9.17) is 9.84 Å². The maximum absolute atomic E-state index is 11.5. The first-order valence-corrected chi connectivity index (χ1v) is 4.12. The number of aliphatic hydroxyl groups is 1. The Labute approximate surface area is 73.7 Å². The minimum atomic E-state index is -0.733. The van der Waals surface area contributed by atoms with Gasteiger partial charge in [0.15, 0.2) is 0 Å². The van der Waals surface area contributed by atoms with Crippen LogP contribution in [0, 0.1) is 11.3 Å². The van der Waals surface area contributed by atoms with Crippen molar-refractivity contribution < 1.29 is 14.6 Å². The molecule has 0 aliphatic rings. The van der Waals surface area contributed by atoms with E-state index in [2.05, 4.69) is 0 Å². The lowest BCUT2D eigenvalue weighted by Crippen LogP contribution is -2.38. The summed E-state index contributed by atoms with van der Waals surface area (Å²) in [7, 11) is 1.53. The number of ketones is 1. The Morgan fingerprint density at radius 3 is 2.33 bits per heavy atom. The van der Waals surface area contributed by atoms with E-state index >= 15 is 0 Å². The van der Waals surface area contributed by atoms with Gasteiger partial charge in [-0.25, -0.2) is 0 Å². The molecule has 0 amide bonds. The molecular formula is C9H18O3. The van der Waals surface area contributed by atoms with Crippen LogP contribution < -0.4 is 0 Å². The highest BCUT2D eigenvalue weighted by molar-refractivity contribution is 5.86. The number of carbonyl (C=O) groups excluding carboxylic acids is 1. The topological polar surface area (TPSA) is 46.5 Å². The number of ether oxygens (including phenoxy) is 1. The molecule has 3 nitrogen and oxygen atoms in total. The van der Waals surface area contributed by atoms with Gasteiger partial charge in [-0.1, -0.05) is 13.8 Å². The minimum Gasteiger partial charge on any atom is -0.395 e. The number of hydrogen-bond acceptors (Lipinski definition) is 3. The highest BCUT2D eigenvalue weighted by Gasteiger charge is 2.33. The summed E-state index contributed by atoms with van der Waals surface area (Å²) in [5.74, 6) is -0.0100. The molecular weight excluding hydrogens is 156 g/mol. The normalized spacial score (nSPS) is 16.2. The number of Topliss-reactive ketones (excluding diaryl/α,β-unsaturated/α-hetero) is 1. The number of methoxy groups -OCH3 is 1. The van der Waals surface area contributed by atoms with E-state index in [1.165, 1.54) is 7.11 Å². The maximum Gasteiger partial charge on any atom is 0.145 e. The Balaban J connectivity index is 4.40. The summed E-state index contributed by atoms with van der Waals surface area (Å²) in [5, 5.41) is 9.03. The molecule has 1 N–H and O–H groups in total. The second-order valence-corrected chi connectivity index (χ2v) is 3.67. The van der Waals surface area contributed by atoms with Crippen LogP contribution in [0.25, 0.3) is 0 Å². The van der Waals surface area contributed by atoms with Gasteiger partial charge in [0.25, 0.3) is 0 Å². The van der Waals surface area contributed by atoms with Crippen molar-refractivity contribution in [3.8, 4) is 0 Å². The van der Waals surface area contributed by atoms with Gasteiger partial charge in [-0.3, -0.25) is 4.79 Å². The van der Waals surface area contributed by atoms with Crippen LogP contribution in [0.1, 0.15) is 20.8 Å². The molecule has 0 fully saturated rings. The van der Waals surface area contributed by atoms with Crippen LogP contribution in [0.2, 0.25) is 0 Å². The molecule has 0 heterocycles. The molecule has 0 aliphatic carbocycles. The van der Waals surface area contributed by atoms with E-state index in [-0.39, 0.29) is 24.9 Å². The van der Waals surface area contributed by atoms with Crippen LogP contribution in [0.4, 0.5) is 0 Å². The zero-order valence-corrected chi connectivity index (χ0v) is 8.26. The summed E-state index contributed by atoms with van der Waals surface area (Å²) in [6.45, 7) is 5.50. The van der Waals surface area contributed by atoms with E-state index in [1.807, 2.05) is 13.8 Å². The zero-order valence-electron chi connectivity index (χ0n) is 8.26. The van der Waals surface area contributed by atoms with Gasteiger partial charge < -0.3 is 9.84 Å². The zero-order chi connectivity index (χ0) is 9.78. The third-order valence-corrected chi connectivity index (χ3v) is 1.93. The van der Waals surface area contributed by atoms with Crippen molar-refractivity contribution in [2.24, 2.45) is 11.3 Å². The summed E-state index contributed by atoms with van der Waals surface area (Å²) < 4.78 is 4.89. The average molecular weight is 174 g/mol. The summed E-state index contributed by atoms with van der Waals surface area (Å²) in [4.78, 5) is 11.5. The first kappa shape index (κ1) is 11.6. The third-order valence-electron chi connectivity index (χ3n) is 1.93. The lowest BCUT2D eigenvalue weighted by molar-refractivity contribution is -0.136. The highest BCUT2D eigenvalue weighted by Crippen LogP contribution is 2.21. The first-order valence-electron chi connectivity index (χ1n) is 4.12. The molecule has 72 valence electrons. The molecule has 0 aromatic rings. The van der Waals surface area contributed by atoms with Gasteiger partial charge in [0.1, 0.15) is 5.78 Å². The van der Waals surface area contributed by atoms with Crippen LogP contribution in [-0.2, 0) is 9.53 Å². The smallest absolute Gasteiger partial charge is 0.145 e. The molecule has 0 aromatic carbocycles. The summed E-state index contributed by atoms with van der Waals surface area (Å²) in [6.07, 6.45) is 0. The van der Waals surface area contributed by atoms with Crippen LogP contribution in [0.15, 0.2) is 0 Å². The van der Waals surface area contributed by atoms with Crippen molar-refractivity contribution in [1.29, 1.82) is 0 Å². The fourth-order valence-corrected chi connectivity index (χ4v) is 1.21. The Morgan fingerprint density at radius 2 is 2.08 bits per heavy atom. The summed E-state index contributed by atoms with van der Waals surface area (Å²) in [5.41, 5.74) is -0.733. The monoisotopic (exact) mass is 174 g/mol. The van der Waals surface area contributed by atoms with Gasteiger partial charge in [-0.15, -0.1) is 0 Å². The molecule has 0 saturated carbocycles. The molecule has 0 radical (unpaired) electrons. The van der Waals surface area contributed by atoms with Gasteiger partial charge in [0.05, 0.1) is 18.6 Å². The lowest BCUT2D eigenvalue weighted by atomic mass is 9.82. The fourth-order valence-electron chi connectivity index (χ4n) is 1.21. The van der Waals surface area contributed by atoms with Crippen molar-refractivity contribution in [2.45, 2.75) is 20.8 Å². The highest BCUT2D eigenvalue weighted by atomic mass is 16.5. The van der Waals surface area contributed by atoms with Crippen LogP contribution in [0.3, 0.4) is 0 Å². The number of carbonyl (C=O) groups is 1. The van der Waals surface area contributed by atoms with Gasteiger partial charge in [0.2, 0.25) is 0 Å². The van der Waals surface area contributed by atoms with Crippen LogP contribution in [-0.4, -0.2) is 31.2 Å². The van der Waals surface area contributed by atoms with Crippen molar-refractivity contribution in [3.05, 3.63) is 0 Å². The second-order valence-electron chi connectivity index (χ2n) is 3.67. The van der Waals surface area contributed by atoms with Crippen molar-refractivity contribution in [2.75, 3.05) is 20.3 Å². The van der Waals surface area contributed by atoms with Gasteiger partial charge in [-0.05, 0) is 6.92 Å². The quantitative estimate of drug-likeness (QED) is 0.672. The van der Waals surface area contributed by atoms with E-state index in [9.17, 15) is 4.79 Å². The maximum atomic E-state index is 11.5. The summed E-state index contributed by atoms with van der Waals surface area (Å²) in [6, 6.07) is 0. The molecule has 1 atom stereocenters. The molecule has 3 heteroatoms. The van der Waals surface area contributed by atoms with Crippen molar-refractivity contribution in [1.82, 2.24) is 0 Å². The Kier molecular flexibility index (Phi) is 4.42. The Bertz CT molecular complexity index is 154. The van der Waals surface area contributed by atoms with Gasteiger partial charge in [-0.2, -0.15) is 0 Å². The standard InChI is InChI=1S/C9H18O3/c1-7(2)8(11)9(3,5-10)6-12-4/h7,10H,5-6H2,1-4H3. The van der Waals surface area contributed by atoms with E-state index < -0.39 is 5.41 Å². The van der Waals surface area contributed by atoms with E-state index in [1.54, 1.807) is 6.92 Å². The molecule has 0 aromatic heterocycles. The number of aliphatic hydroxyl groups excluding tert-OH is 1. The molecule has 0 saturated heterocycles. The fraction of sp³-hybridized carbons (Fsp3) is 0.889. The second kappa shape index (κ2) is 4.58. The Hall–Kier alpha value is -0.410. The molecule has 1 unspecified atom stereocenters. The van der Waals surface area contributed by atoms with Gasteiger partial charge in [0, 0.05) is 13.0 Å². The Morgan fingerprint density at radius 1 is 1.58 bits per heavy atom. The molecule has 0 aliphatic heterocycles.